The third kappa shape index (κ3) is 4.85. The van der Waals surface area contributed by atoms with Crippen LogP contribution in [0.15, 0.2) is 54.6 Å². The van der Waals surface area contributed by atoms with Crippen molar-refractivity contribution < 1.29 is 19.4 Å². The van der Waals surface area contributed by atoms with Crippen LogP contribution in [0.5, 0.6) is 5.75 Å². The minimum atomic E-state index is -0.823. The maximum Gasteiger partial charge on any atom is 0.303 e. The van der Waals surface area contributed by atoms with Crippen molar-refractivity contribution in [3.63, 3.8) is 0 Å². The molecule has 5 heteroatoms. The van der Waals surface area contributed by atoms with E-state index in [1.54, 1.807) is 12.1 Å². The van der Waals surface area contributed by atoms with Gasteiger partial charge in [-0.2, -0.15) is 0 Å². The van der Waals surface area contributed by atoms with E-state index in [2.05, 4.69) is 17.4 Å². The van der Waals surface area contributed by atoms with Crippen molar-refractivity contribution >= 4 is 17.6 Å². The molecule has 1 saturated carbocycles. The molecule has 0 heterocycles. The van der Waals surface area contributed by atoms with Crippen molar-refractivity contribution in [2.24, 2.45) is 5.41 Å². The lowest BCUT2D eigenvalue weighted by Crippen LogP contribution is -2.26. The second-order valence-corrected chi connectivity index (χ2v) is 6.77. The van der Waals surface area contributed by atoms with Gasteiger partial charge in [-0.05, 0) is 55.5 Å². The summed E-state index contributed by atoms with van der Waals surface area (Å²) in [5.74, 6) is -0.0912. The summed E-state index contributed by atoms with van der Waals surface area (Å²) in [7, 11) is 0. The Hall–Kier alpha value is -2.82. The maximum absolute atomic E-state index is 12.7. The topological polar surface area (TPSA) is 75.6 Å². The molecule has 1 amide bonds. The van der Waals surface area contributed by atoms with Crippen LogP contribution < -0.4 is 10.1 Å². The Morgan fingerprint density at radius 2 is 1.73 bits per heavy atom. The molecule has 1 aliphatic carbocycles. The van der Waals surface area contributed by atoms with E-state index in [1.807, 2.05) is 30.3 Å². The van der Waals surface area contributed by atoms with Gasteiger partial charge < -0.3 is 15.2 Å². The van der Waals surface area contributed by atoms with E-state index >= 15 is 0 Å². The molecule has 1 aliphatic rings. The second kappa shape index (κ2) is 8.04. The van der Waals surface area contributed by atoms with Gasteiger partial charge in [0, 0.05) is 12.1 Å². The molecule has 26 heavy (non-hydrogen) atoms. The molecule has 0 unspecified atom stereocenters. The highest BCUT2D eigenvalue weighted by atomic mass is 16.5. The third-order valence-corrected chi connectivity index (χ3v) is 4.64. The molecule has 0 saturated heterocycles. The van der Waals surface area contributed by atoms with Gasteiger partial charge in [0.15, 0.2) is 0 Å². The standard InChI is InChI=1S/C21H23NO4/c23-19(24)7-4-14-26-18-10-8-17(9-11-18)22-20(25)21(12-13-21)15-16-5-2-1-3-6-16/h1-3,5-6,8-11H,4,7,12-15H2,(H,22,25)(H,23,24). The van der Waals surface area contributed by atoms with Crippen molar-refractivity contribution in [2.75, 3.05) is 11.9 Å². The molecule has 0 bridgehead atoms. The summed E-state index contributed by atoms with van der Waals surface area (Å²) in [5, 5.41) is 11.6. The molecular formula is C21H23NO4. The number of carboxylic acids is 1. The zero-order valence-electron chi connectivity index (χ0n) is 14.6. The van der Waals surface area contributed by atoms with Crippen LogP contribution in [0.25, 0.3) is 0 Å². The normalized spacial score (nSPS) is 14.5. The lowest BCUT2D eigenvalue weighted by Gasteiger charge is -2.16. The Morgan fingerprint density at radius 1 is 1.04 bits per heavy atom. The molecule has 5 nitrogen and oxygen atoms in total. The third-order valence-electron chi connectivity index (χ3n) is 4.64. The minimum Gasteiger partial charge on any atom is -0.494 e. The van der Waals surface area contributed by atoms with Crippen LogP contribution in [0.4, 0.5) is 5.69 Å². The number of carbonyl (C=O) groups is 2. The Morgan fingerprint density at radius 3 is 2.35 bits per heavy atom. The highest BCUT2D eigenvalue weighted by Gasteiger charge is 2.49. The van der Waals surface area contributed by atoms with Gasteiger partial charge in [0.1, 0.15) is 5.75 Å². The first-order valence-corrected chi connectivity index (χ1v) is 8.87. The van der Waals surface area contributed by atoms with Gasteiger partial charge in [0.25, 0.3) is 0 Å². The molecule has 3 rings (SSSR count). The molecule has 0 radical (unpaired) electrons. The number of carbonyl (C=O) groups excluding carboxylic acids is 1. The number of aliphatic carboxylic acids is 1. The molecule has 0 spiro atoms. The van der Waals surface area contributed by atoms with Crippen LogP contribution in [-0.4, -0.2) is 23.6 Å². The summed E-state index contributed by atoms with van der Waals surface area (Å²) >= 11 is 0. The summed E-state index contributed by atoms with van der Waals surface area (Å²) in [5.41, 5.74) is 1.64. The maximum atomic E-state index is 12.7. The number of hydrogen-bond acceptors (Lipinski definition) is 3. The Kier molecular flexibility index (Phi) is 5.56. The molecule has 2 N–H and O–H groups in total. The number of benzene rings is 2. The fourth-order valence-electron chi connectivity index (χ4n) is 2.93. The van der Waals surface area contributed by atoms with E-state index in [9.17, 15) is 9.59 Å². The number of rotatable bonds is 9. The Balaban J connectivity index is 1.51. The molecule has 2 aromatic rings. The summed E-state index contributed by atoms with van der Waals surface area (Å²) < 4.78 is 5.50. The van der Waals surface area contributed by atoms with E-state index in [0.717, 1.165) is 24.9 Å². The van der Waals surface area contributed by atoms with Crippen LogP contribution in [-0.2, 0) is 16.0 Å². The van der Waals surface area contributed by atoms with Crippen molar-refractivity contribution in [1.82, 2.24) is 0 Å². The number of hydrogen-bond donors (Lipinski definition) is 2. The fourth-order valence-corrected chi connectivity index (χ4v) is 2.93. The minimum absolute atomic E-state index is 0.0662. The number of carboxylic acid groups (broad SMARTS) is 1. The molecule has 0 aromatic heterocycles. The first kappa shape index (κ1) is 18.0. The summed E-state index contributed by atoms with van der Waals surface area (Å²) in [6.07, 6.45) is 3.16. The number of amides is 1. The predicted octanol–water partition coefficient (Wildman–Crippen LogP) is 3.89. The monoisotopic (exact) mass is 353 g/mol. The zero-order valence-corrected chi connectivity index (χ0v) is 14.6. The van der Waals surface area contributed by atoms with E-state index in [0.29, 0.717) is 18.8 Å². The van der Waals surface area contributed by atoms with Gasteiger partial charge in [-0.15, -0.1) is 0 Å². The van der Waals surface area contributed by atoms with E-state index in [4.69, 9.17) is 9.84 Å². The molecule has 0 atom stereocenters. The summed E-state index contributed by atoms with van der Waals surface area (Å²) in [6.45, 7) is 0.359. The van der Waals surface area contributed by atoms with Gasteiger partial charge in [-0.25, -0.2) is 0 Å². The van der Waals surface area contributed by atoms with Crippen LogP contribution in [0.2, 0.25) is 0 Å². The van der Waals surface area contributed by atoms with Gasteiger partial charge in [0.05, 0.1) is 12.0 Å². The Bertz CT molecular complexity index is 751. The van der Waals surface area contributed by atoms with Crippen LogP contribution >= 0.6 is 0 Å². The van der Waals surface area contributed by atoms with Gasteiger partial charge in [-0.1, -0.05) is 30.3 Å². The predicted molar refractivity (Wildman–Crippen MR) is 99.2 cm³/mol. The molecule has 1 fully saturated rings. The highest BCUT2D eigenvalue weighted by molar-refractivity contribution is 5.97. The van der Waals surface area contributed by atoms with Crippen LogP contribution in [0.1, 0.15) is 31.2 Å². The summed E-state index contributed by atoms with van der Waals surface area (Å²) in [4.78, 5) is 23.1. The Labute approximate surface area is 153 Å². The average molecular weight is 353 g/mol. The number of ether oxygens (including phenoxy) is 1. The first-order valence-electron chi connectivity index (χ1n) is 8.87. The largest absolute Gasteiger partial charge is 0.494 e. The lowest BCUT2D eigenvalue weighted by molar-refractivity contribution is -0.137. The second-order valence-electron chi connectivity index (χ2n) is 6.77. The number of anilines is 1. The van der Waals surface area contributed by atoms with E-state index < -0.39 is 5.97 Å². The van der Waals surface area contributed by atoms with Gasteiger partial charge in [0.2, 0.25) is 5.91 Å². The van der Waals surface area contributed by atoms with E-state index in [-0.39, 0.29) is 17.7 Å². The molecule has 2 aromatic carbocycles. The first-order chi connectivity index (χ1) is 12.6. The summed E-state index contributed by atoms with van der Waals surface area (Å²) in [6, 6.07) is 17.3. The van der Waals surface area contributed by atoms with Gasteiger partial charge in [-0.3, -0.25) is 9.59 Å². The highest BCUT2D eigenvalue weighted by Crippen LogP contribution is 2.49. The van der Waals surface area contributed by atoms with Crippen LogP contribution in [0, 0.1) is 5.41 Å². The van der Waals surface area contributed by atoms with Crippen molar-refractivity contribution in [3.8, 4) is 5.75 Å². The smallest absolute Gasteiger partial charge is 0.303 e. The van der Waals surface area contributed by atoms with Crippen molar-refractivity contribution in [3.05, 3.63) is 60.2 Å². The average Bonchev–Trinajstić information content (AvgIpc) is 3.41. The quantitative estimate of drug-likeness (QED) is 0.671. The lowest BCUT2D eigenvalue weighted by atomic mass is 9.95. The number of nitrogens with one attached hydrogen (secondary N) is 1. The zero-order chi connectivity index (χ0) is 18.4. The molecule has 0 aliphatic heterocycles. The fraction of sp³-hybridized carbons (Fsp3) is 0.333. The molecule has 136 valence electrons. The van der Waals surface area contributed by atoms with Crippen molar-refractivity contribution in [2.45, 2.75) is 32.1 Å². The van der Waals surface area contributed by atoms with Crippen LogP contribution in [0.3, 0.4) is 0 Å². The van der Waals surface area contributed by atoms with Gasteiger partial charge >= 0.3 is 5.97 Å². The van der Waals surface area contributed by atoms with Crippen molar-refractivity contribution in [1.29, 1.82) is 0 Å². The SMILES string of the molecule is O=C(O)CCCOc1ccc(NC(=O)C2(Cc3ccccc3)CC2)cc1. The van der Waals surface area contributed by atoms with E-state index in [1.165, 1.54) is 5.56 Å². The molecular weight excluding hydrogens is 330 g/mol.